The van der Waals surface area contributed by atoms with Gasteiger partial charge < -0.3 is 10.1 Å². The van der Waals surface area contributed by atoms with E-state index in [1.165, 1.54) is 0 Å². The SMILES string of the molecule is CCOC(=O)/C(Br)=C1\CC(=O)N1. The van der Waals surface area contributed by atoms with Gasteiger partial charge in [-0.2, -0.15) is 0 Å². The van der Waals surface area contributed by atoms with Crippen LogP contribution in [0, 0.1) is 0 Å². The molecule has 1 aliphatic rings. The number of ether oxygens (including phenoxy) is 1. The molecule has 0 bridgehead atoms. The van der Waals surface area contributed by atoms with Gasteiger partial charge >= 0.3 is 5.97 Å². The van der Waals surface area contributed by atoms with Gasteiger partial charge in [0.15, 0.2) is 0 Å². The largest absolute Gasteiger partial charge is 0.462 e. The molecule has 0 aromatic heterocycles. The number of nitrogens with one attached hydrogen (secondary N) is 1. The fourth-order valence-electron chi connectivity index (χ4n) is 0.761. The molecule has 1 aliphatic heterocycles. The maximum Gasteiger partial charge on any atom is 0.347 e. The summed E-state index contributed by atoms with van der Waals surface area (Å²) in [6.07, 6.45) is 0.277. The summed E-state index contributed by atoms with van der Waals surface area (Å²) in [5, 5.41) is 2.47. The number of hydrogen-bond donors (Lipinski definition) is 1. The van der Waals surface area contributed by atoms with Gasteiger partial charge in [0.2, 0.25) is 5.91 Å². The van der Waals surface area contributed by atoms with Gasteiger partial charge in [-0.25, -0.2) is 4.79 Å². The Morgan fingerprint density at radius 3 is 2.75 bits per heavy atom. The highest BCUT2D eigenvalue weighted by molar-refractivity contribution is 9.12. The van der Waals surface area contributed by atoms with Crippen molar-refractivity contribution >= 4 is 27.8 Å². The van der Waals surface area contributed by atoms with E-state index in [2.05, 4.69) is 21.2 Å². The van der Waals surface area contributed by atoms with Crippen LogP contribution in [-0.4, -0.2) is 18.5 Å². The Balaban J connectivity index is 2.57. The molecule has 0 aliphatic carbocycles. The Labute approximate surface area is 78.1 Å². The molecule has 4 nitrogen and oxygen atoms in total. The summed E-state index contributed by atoms with van der Waals surface area (Å²) in [4.78, 5) is 21.5. The lowest BCUT2D eigenvalue weighted by Gasteiger charge is -2.19. The van der Waals surface area contributed by atoms with Gasteiger partial charge in [0.25, 0.3) is 0 Å². The summed E-state index contributed by atoms with van der Waals surface area (Å²) < 4.78 is 5.01. The maximum absolute atomic E-state index is 11.0. The second-order valence-electron chi connectivity index (χ2n) is 2.24. The van der Waals surface area contributed by atoms with E-state index in [-0.39, 0.29) is 12.3 Å². The topological polar surface area (TPSA) is 55.4 Å². The zero-order chi connectivity index (χ0) is 9.14. The zero-order valence-electron chi connectivity index (χ0n) is 6.52. The summed E-state index contributed by atoms with van der Waals surface area (Å²) in [7, 11) is 0. The normalized spacial score (nSPS) is 19.3. The lowest BCUT2D eigenvalue weighted by molar-refractivity contribution is -0.137. The van der Waals surface area contributed by atoms with E-state index in [1.807, 2.05) is 0 Å². The molecule has 1 heterocycles. The maximum atomic E-state index is 11.0. The van der Waals surface area contributed by atoms with Crippen molar-refractivity contribution in [1.29, 1.82) is 0 Å². The first-order valence-electron chi connectivity index (χ1n) is 3.50. The molecule has 0 saturated carbocycles. The Morgan fingerprint density at radius 2 is 2.33 bits per heavy atom. The van der Waals surface area contributed by atoms with Crippen LogP contribution in [0.15, 0.2) is 10.2 Å². The van der Waals surface area contributed by atoms with E-state index < -0.39 is 5.97 Å². The van der Waals surface area contributed by atoms with Crippen molar-refractivity contribution in [3.8, 4) is 0 Å². The number of β-lactam (4-membered cyclic amide) rings is 1. The molecule has 1 fully saturated rings. The highest BCUT2D eigenvalue weighted by atomic mass is 79.9. The van der Waals surface area contributed by atoms with E-state index >= 15 is 0 Å². The fourth-order valence-corrected chi connectivity index (χ4v) is 1.11. The molecular formula is C7H8BrNO3. The molecule has 1 saturated heterocycles. The summed E-state index contributed by atoms with van der Waals surface area (Å²) in [5.41, 5.74) is 0.596. The van der Waals surface area contributed by atoms with Crippen molar-refractivity contribution in [2.75, 3.05) is 6.61 Å². The number of esters is 1. The van der Waals surface area contributed by atoms with Crippen LogP contribution in [0.5, 0.6) is 0 Å². The van der Waals surface area contributed by atoms with Crippen LogP contribution in [0.25, 0.3) is 0 Å². The average molecular weight is 234 g/mol. The minimum atomic E-state index is -0.437. The lowest BCUT2D eigenvalue weighted by Crippen LogP contribution is -2.36. The smallest absolute Gasteiger partial charge is 0.347 e. The second kappa shape index (κ2) is 3.71. The third-order valence-corrected chi connectivity index (χ3v) is 2.15. The Kier molecular flexibility index (Phi) is 2.86. The molecule has 0 aromatic carbocycles. The number of rotatable bonds is 2. The van der Waals surface area contributed by atoms with Crippen LogP contribution in [-0.2, 0) is 14.3 Å². The van der Waals surface area contributed by atoms with E-state index in [1.54, 1.807) is 6.92 Å². The molecule has 0 spiro atoms. The minimum absolute atomic E-state index is 0.0775. The number of carbonyl (C=O) groups excluding carboxylic acids is 2. The van der Waals surface area contributed by atoms with Crippen molar-refractivity contribution in [3.63, 3.8) is 0 Å². The molecule has 1 amide bonds. The minimum Gasteiger partial charge on any atom is -0.462 e. The summed E-state index contributed by atoms with van der Waals surface area (Å²) in [6.45, 7) is 2.05. The van der Waals surface area contributed by atoms with Crippen LogP contribution in [0.3, 0.4) is 0 Å². The van der Waals surface area contributed by atoms with E-state index in [9.17, 15) is 9.59 Å². The molecule has 1 rings (SSSR count). The standard InChI is InChI=1S/C7H8BrNO3/c1-2-12-7(11)6(8)4-3-5(10)9-4/h2-3H2,1H3,(H,9,10)/b6-4-. The molecule has 0 unspecified atom stereocenters. The van der Waals surface area contributed by atoms with Gasteiger partial charge in [-0.1, -0.05) is 0 Å². The molecule has 5 heteroatoms. The highest BCUT2D eigenvalue weighted by Gasteiger charge is 2.24. The first kappa shape index (κ1) is 9.25. The first-order valence-corrected chi connectivity index (χ1v) is 4.30. The second-order valence-corrected chi connectivity index (χ2v) is 3.03. The molecule has 66 valence electrons. The summed E-state index contributed by atoms with van der Waals surface area (Å²) >= 11 is 3.04. The van der Waals surface area contributed by atoms with Gasteiger partial charge in [0.05, 0.1) is 13.0 Å². The van der Waals surface area contributed by atoms with Crippen LogP contribution in [0.1, 0.15) is 13.3 Å². The highest BCUT2D eigenvalue weighted by Crippen LogP contribution is 2.20. The van der Waals surface area contributed by atoms with Gasteiger partial charge in [-0.05, 0) is 22.9 Å². The van der Waals surface area contributed by atoms with Crippen molar-refractivity contribution < 1.29 is 14.3 Å². The fraction of sp³-hybridized carbons (Fsp3) is 0.429. The van der Waals surface area contributed by atoms with Crippen molar-refractivity contribution in [1.82, 2.24) is 5.32 Å². The van der Waals surface area contributed by atoms with Crippen LogP contribution in [0.2, 0.25) is 0 Å². The zero-order valence-corrected chi connectivity index (χ0v) is 8.10. The number of carbonyl (C=O) groups is 2. The van der Waals surface area contributed by atoms with Gasteiger partial charge in [0, 0.05) is 5.70 Å². The summed E-state index contributed by atoms with van der Waals surface area (Å²) in [6, 6.07) is 0. The van der Waals surface area contributed by atoms with Gasteiger partial charge in [-0.15, -0.1) is 0 Å². The Bertz CT molecular complexity index is 249. The molecule has 0 radical (unpaired) electrons. The van der Waals surface area contributed by atoms with E-state index in [0.717, 1.165) is 0 Å². The average Bonchev–Trinajstić information content (AvgIpc) is 1.98. The third kappa shape index (κ3) is 1.85. The molecule has 1 N–H and O–H groups in total. The number of halogens is 1. The number of hydrogen-bond acceptors (Lipinski definition) is 3. The van der Waals surface area contributed by atoms with E-state index in [0.29, 0.717) is 16.8 Å². The van der Waals surface area contributed by atoms with Crippen molar-refractivity contribution in [2.24, 2.45) is 0 Å². The number of amides is 1. The molecule has 12 heavy (non-hydrogen) atoms. The van der Waals surface area contributed by atoms with Crippen LogP contribution < -0.4 is 5.32 Å². The summed E-state index contributed by atoms with van der Waals surface area (Å²) in [5.74, 6) is -0.515. The van der Waals surface area contributed by atoms with Crippen LogP contribution in [0.4, 0.5) is 0 Å². The molecule has 0 atom stereocenters. The Hall–Kier alpha value is -0.840. The Morgan fingerprint density at radius 1 is 1.75 bits per heavy atom. The van der Waals surface area contributed by atoms with Gasteiger partial charge in [0.1, 0.15) is 4.48 Å². The first-order chi connectivity index (χ1) is 5.65. The van der Waals surface area contributed by atoms with Gasteiger partial charge in [-0.3, -0.25) is 4.79 Å². The predicted octanol–water partition coefficient (Wildman–Crippen LogP) is 0.676. The van der Waals surface area contributed by atoms with Crippen molar-refractivity contribution in [3.05, 3.63) is 10.2 Å². The third-order valence-electron chi connectivity index (χ3n) is 1.35. The van der Waals surface area contributed by atoms with E-state index in [4.69, 9.17) is 4.74 Å². The molecular weight excluding hydrogens is 226 g/mol. The lowest BCUT2D eigenvalue weighted by atomic mass is 10.2. The monoisotopic (exact) mass is 233 g/mol. The molecule has 0 aromatic rings. The van der Waals surface area contributed by atoms with Crippen LogP contribution >= 0.6 is 15.9 Å². The van der Waals surface area contributed by atoms with Crippen molar-refractivity contribution in [2.45, 2.75) is 13.3 Å². The predicted molar refractivity (Wildman–Crippen MR) is 45.3 cm³/mol. The quantitative estimate of drug-likeness (QED) is 0.434.